The van der Waals surface area contributed by atoms with Gasteiger partial charge in [-0.15, -0.1) is 0 Å². The molecule has 8 aromatic rings. The number of alkyl carbamates (subject to hydrolysis) is 2. The zero-order valence-corrected chi connectivity index (χ0v) is 40.8. The van der Waals surface area contributed by atoms with Crippen LogP contribution in [-0.4, -0.2) is 71.3 Å². The number of para-hydroxylation sites is 2. The molecule has 6 aromatic carbocycles. The Morgan fingerprint density at radius 2 is 0.960 bits per heavy atom. The highest BCUT2D eigenvalue weighted by Crippen LogP contribution is 2.31. The molecule has 16 heteroatoms. The molecule has 0 fully saturated rings. The number of esters is 2. The number of aliphatic hydroxyl groups excluding tert-OH is 1. The number of nitrogens with one attached hydrogen (secondary N) is 4. The van der Waals surface area contributed by atoms with E-state index in [2.05, 4.69) is 20.6 Å². The minimum absolute atomic E-state index is 0.000474. The molecule has 0 saturated heterocycles. The number of ether oxygens (including phenoxy) is 6. The van der Waals surface area contributed by atoms with E-state index in [-0.39, 0.29) is 54.8 Å². The number of benzene rings is 6. The van der Waals surface area contributed by atoms with E-state index in [0.29, 0.717) is 11.1 Å². The van der Waals surface area contributed by atoms with Crippen molar-refractivity contribution in [2.75, 3.05) is 14.2 Å². The van der Waals surface area contributed by atoms with Crippen LogP contribution in [0.2, 0.25) is 0 Å². The minimum atomic E-state index is -1.15. The lowest BCUT2D eigenvalue weighted by Gasteiger charge is -2.18. The van der Waals surface area contributed by atoms with Crippen molar-refractivity contribution in [1.29, 1.82) is 0 Å². The molecule has 0 saturated carbocycles. The van der Waals surface area contributed by atoms with Gasteiger partial charge in [0.25, 0.3) is 0 Å². The van der Waals surface area contributed by atoms with Gasteiger partial charge in [0.05, 0.1) is 14.2 Å². The molecule has 5 N–H and O–H groups in total. The summed E-state index contributed by atoms with van der Waals surface area (Å²) in [5.74, 6) is -1.93. The predicted octanol–water partition coefficient (Wildman–Crippen LogP) is 10.3. The SMILES string of the molecule is COc1cc(/C=C/C(=O)/C=C(O)/C=C/c2ccc(OC(=O)[C@H](Cc3c[nH]c4ccccc34)NC(=O)OCc3ccccc3)c(OC)c2)ccc1OC(=O)[C@H](Cc1c[nH]c2ccccc12)NC(=O)OCc1ccccc1. The lowest BCUT2D eigenvalue weighted by Crippen LogP contribution is -2.44. The second kappa shape index (κ2) is 25.0. The molecule has 2 heterocycles. The number of ketones is 1. The molecule has 0 radical (unpaired) electrons. The van der Waals surface area contributed by atoms with E-state index < -0.39 is 42.0 Å². The molecule has 2 amide bonds. The number of carbonyl (C=O) groups is 5. The van der Waals surface area contributed by atoms with Gasteiger partial charge < -0.3 is 54.1 Å². The quantitative estimate of drug-likeness (QED) is 0.0149. The van der Waals surface area contributed by atoms with Crippen LogP contribution in [0.5, 0.6) is 23.0 Å². The zero-order chi connectivity index (χ0) is 52.5. The van der Waals surface area contributed by atoms with E-state index in [9.17, 15) is 29.1 Å². The highest BCUT2D eigenvalue weighted by Gasteiger charge is 2.28. The lowest BCUT2D eigenvalue weighted by molar-refractivity contribution is -0.137. The maximum Gasteiger partial charge on any atom is 0.408 e. The number of hydrogen-bond donors (Lipinski definition) is 5. The lowest BCUT2D eigenvalue weighted by atomic mass is 10.1. The number of allylic oxidation sites excluding steroid dienone is 3. The molecule has 2 atom stereocenters. The molecule has 380 valence electrons. The van der Waals surface area contributed by atoms with Crippen molar-refractivity contribution in [3.8, 4) is 23.0 Å². The molecule has 0 aliphatic rings. The molecule has 0 bridgehead atoms. The monoisotopic (exact) mass is 1010 g/mol. The number of aliphatic hydroxyl groups is 1. The molecule has 75 heavy (non-hydrogen) atoms. The van der Waals surface area contributed by atoms with Gasteiger partial charge in [-0.25, -0.2) is 19.2 Å². The number of aromatic amines is 2. The van der Waals surface area contributed by atoms with Crippen molar-refractivity contribution in [2.45, 2.75) is 38.1 Å². The summed E-state index contributed by atoms with van der Waals surface area (Å²) in [6, 6.07) is 40.5. The van der Waals surface area contributed by atoms with E-state index in [1.54, 1.807) is 36.7 Å². The topological polar surface area (TPSA) is 217 Å². The second-order valence-electron chi connectivity index (χ2n) is 16.9. The smallest absolute Gasteiger partial charge is 0.408 e. The van der Waals surface area contributed by atoms with Crippen molar-refractivity contribution in [3.63, 3.8) is 0 Å². The van der Waals surface area contributed by atoms with E-state index in [1.807, 2.05) is 109 Å². The number of fused-ring (bicyclic) bond motifs is 2. The van der Waals surface area contributed by atoms with Gasteiger partial charge in [-0.05, 0) is 81.9 Å². The first-order chi connectivity index (χ1) is 36.5. The first-order valence-electron chi connectivity index (χ1n) is 23.7. The van der Waals surface area contributed by atoms with Gasteiger partial charge in [-0.3, -0.25) is 4.79 Å². The van der Waals surface area contributed by atoms with Crippen LogP contribution in [0, 0.1) is 0 Å². The molecule has 2 aromatic heterocycles. The number of amides is 2. The van der Waals surface area contributed by atoms with Crippen LogP contribution in [0.4, 0.5) is 9.59 Å². The van der Waals surface area contributed by atoms with Crippen molar-refractivity contribution in [3.05, 3.63) is 215 Å². The Morgan fingerprint density at radius 1 is 0.533 bits per heavy atom. The Labute approximate surface area is 431 Å². The molecular formula is C59H52N4O12. The number of rotatable bonds is 21. The van der Waals surface area contributed by atoms with Gasteiger partial charge in [-0.1, -0.05) is 121 Å². The Bertz CT molecular complexity index is 3400. The molecule has 0 spiro atoms. The van der Waals surface area contributed by atoms with Gasteiger partial charge in [0, 0.05) is 53.1 Å². The number of H-pyrrole nitrogens is 2. The summed E-state index contributed by atoms with van der Waals surface area (Å²) in [7, 11) is 2.79. The summed E-state index contributed by atoms with van der Waals surface area (Å²) >= 11 is 0. The molecule has 8 rings (SSSR count). The van der Waals surface area contributed by atoms with Gasteiger partial charge in [0.1, 0.15) is 31.1 Å². The van der Waals surface area contributed by atoms with Crippen LogP contribution < -0.4 is 29.6 Å². The van der Waals surface area contributed by atoms with Crippen LogP contribution in [0.15, 0.2) is 182 Å². The Morgan fingerprint density at radius 3 is 1.41 bits per heavy atom. The fourth-order valence-corrected chi connectivity index (χ4v) is 7.95. The maximum absolute atomic E-state index is 13.8. The summed E-state index contributed by atoms with van der Waals surface area (Å²) in [6.07, 6.45) is 8.71. The summed E-state index contributed by atoms with van der Waals surface area (Å²) in [6.45, 7) is -0.0000370. The fraction of sp³-hybridized carbons (Fsp3) is 0.136. The fourth-order valence-electron chi connectivity index (χ4n) is 7.95. The van der Waals surface area contributed by atoms with E-state index in [1.165, 1.54) is 50.7 Å². The van der Waals surface area contributed by atoms with Gasteiger partial charge in [0.15, 0.2) is 28.8 Å². The second-order valence-corrected chi connectivity index (χ2v) is 16.9. The normalized spacial score (nSPS) is 12.3. The maximum atomic E-state index is 13.8. The molecule has 16 nitrogen and oxygen atoms in total. The van der Waals surface area contributed by atoms with E-state index in [0.717, 1.165) is 50.1 Å². The number of methoxy groups -OCH3 is 2. The zero-order valence-electron chi connectivity index (χ0n) is 40.8. The van der Waals surface area contributed by atoms with Gasteiger partial charge in [0.2, 0.25) is 0 Å². The first-order valence-corrected chi connectivity index (χ1v) is 23.7. The highest BCUT2D eigenvalue weighted by molar-refractivity contribution is 6.02. The summed E-state index contributed by atoms with van der Waals surface area (Å²) < 4.78 is 33.5. The number of aromatic nitrogens is 2. The first kappa shape index (κ1) is 51.5. The minimum Gasteiger partial charge on any atom is -0.508 e. The summed E-state index contributed by atoms with van der Waals surface area (Å²) in [5.41, 5.74) is 5.88. The predicted molar refractivity (Wildman–Crippen MR) is 282 cm³/mol. The van der Waals surface area contributed by atoms with E-state index in [4.69, 9.17) is 28.4 Å². The van der Waals surface area contributed by atoms with Crippen LogP contribution in [0.3, 0.4) is 0 Å². The molecule has 0 unspecified atom stereocenters. The van der Waals surface area contributed by atoms with E-state index >= 15 is 0 Å². The average Bonchev–Trinajstić information content (AvgIpc) is 4.05. The largest absolute Gasteiger partial charge is 0.508 e. The highest BCUT2D eigenvalue weighted by atomic mass is 16.6. The standard InChI is InChI=1S/C59H52N4O12/c1-70-54-29-38(23-27-52(54)74-56(66)50(31-42-34-60-48-19-11-9-17-46(42)48)62-58(68)72-36-40-13-5-3-6-14-40)21-25-44(64)33-45(65)26-22-39-24-28-53(55(30-39)71-2)75-57(67)51(32-43-35-61-49-20-12-10-18-47(43)49)63-59(69)73-37-41-15-7-4-8-16-41/h3-30,33-35,50-51,60-61,64H,31-32,36-37H2,1-2H3,(H,62,68)(H,63,69)/b25-21+,26-22+,44-33-/t50-,51-/m0/s1. The molecular weight excluding hydrogens is 957 g/mol. The number of hydrogen-bond acceptors (Lipinski definition) is 12. The van der Waals surface area contributed by atoms with Crippen molar-refractivity contribution in [1.82, 2.24) is 20.6 Å². The van der Waals surface area contributed by atoms with Crippen LogP contribution in [0.1, 0.15) is 33.4 Å². The van der Waals surface area contributed by atoms with Gasteiger partial charge >= 0.3 is 24.1 Å². The Balaban J connectivity index is 0.886. The summed E-state index contributed by atoms with van der Waals surface area (Å²) in [5, 5.41) is 17.7. The van der Waals surface area contributed by atoms with Crippen LogP contribution in [0.25, 0.3) is 34.0 Å². The Kier molecular flexibility index (Phi) is 17.2. The third-order valence-electron chi connectivity index (χ3n) is 11.7. The molecule has 0 aliphatic carbocycles. The Hall–Kier alpha value is -9.83. The van der Waals surface area contributed by atoms with Crippen molar-refractivity contribution >= 4 is 63.9 Å². The third kappa shape index (κ3) is 14.2. The molecule has 0 aliphatic heterocycles. The van der Waals surface area contributed by atoms with Crippen LogP contribution >= 0.6 is 0 Å². The van der Waals surface area contributed by atoms with Gasteiger partial charge in [-0.2, -0.15) is 0 Å². The average molecular weight is 1010 g/mol. The van der Waals surface area contributed by atoms with Crippen LogP contribution in [-0.2, 0) is 49.9 Å². The number of carbonyl (C=O) groups excluding carboxylic acids is 5. The van der Waals surface area contributed by atoms with Crippen molar-refractivity contribution in [2.24, 2.45) is 0 Å². The summed E-state index contributed by atoms with van der Waals surface area (Å²) in [4.78, 5) is 72.8. The van der Waals surface area contributed by atoms with Crippen molar-refractivity contribution < 1.29 is 57.5 Å². The third-order valence-corrected chi connectivity index (χ3v) is 11.7.